The van der Waals surface area contributed by atoms with Gasteiger partial charge in [-0.1, -0.05) is 13.8 Å². The summed E-state index contributed by atoms with van der Waals surface area (Å²) in [5, 5.41) is 3.31. The minimum Gasteiger partial charge on any atom is -0.341 e. The van der Waals surface area contributed by atoms with Crippen molar-refractivity contribution in [3.63, 3.8) is 0 Å². The van der Waals surface area contributed by atoms with Crippen molar-refractivity contribution in [2.24, 2.45) is 0 Å². The van der Waals surface area contributed by atoms with Crippen molar-refractivity contribution in [3.05, 3.63) is 0 Å². The molecule has 0 aromatic heterocycles. The van der Waals surface area contributed by atoms with Crippen molar-refractivity contribution in [2.75, 3.05) is 39.8 Å². The van der Waals surface area contributed by atoms with Gasteiger partial charge in [0.1, 0.15) is 0 Å². The van der Waals surface area contributed by atoms with E-state index in [0.29, 0.717) is 18.4 Å². The predicted molar refractivity (Wildman–Crippen MR) is 94.8 cm³/mol. The average Bonchev–Trinajstić information content (AvgIpc) is 2.92. The number of nitrogens with one attached hydrogen (secondary N) is 1. The highest BCUT2D eigenvalue weighted by Gasteiger charge is 2.22. The molecule has 0 aromatic carbocycles. The highest BCUT2D eigenvalue weighted by Crippen LogP contribution is 2.09. The molecular formula is C15H33Cl2N3O. The second-order valence-corrected chi connectivity index (χ2v) is 5.60. The normalized spacial score (nSPS) is 17.2. The van der Waals surface area contributed by atoms with E-state index in [2.05, 4.69) is 24.1 Å². The van der Waals surface area contributed by atoms with Gasteiger partial charge in [-0.05, 0) is 51.9 Å². The molecule has 1 aliphatic rings. The van der Waals surface area contributed by atoms with Crippen LogP contribution in [0.1, 0.15) is 46.0 Å². The number of amides is 1. The Balaban J connectivity index is 0. The summed E-state index contributed by atoms with van der Waals surface area (Å²) < 4.78 is 0. The maximum Gasteiger partial charge on any atom is 0.222 e. The van der Waals surface area contributed by atoms with E-state index in [9.17, 15) is 4.79 Å². The molecule has 1 saturated heterocycles. The predicted octanol–water partition coefficient (Wildman–Crippen LogP) is 2.55. The van der Waals surface area contributed by atoms with Gasteiger partial charge < -0.3 is 15.1 Å². The first-order chi connectivity index (χ1) is 9.19. The summed E-state index contributed by atoms with van der Waals surface area (Å²) >= 11 is 0. The van der Waals surface area contributed by atoms with Gasteiger partial charge in [0.2, 0.25) is 5.91 Å². The minimum atomic E-state index is 0. The summed E-state index contributed by atoms with van der Waals surface area (Å²) in [7, 11) is 1.95. The van der Waals surface area contributed by atoms with Crippen molar-refractivity contribution in [1.29, 1.82) is 0 Å². The number of halogens is 2. The van der Waals surface area contributed by atoms with Crippen molar-refractivity contribution in [2.45, 2.75) is 52.0 Å². The molecule has 128 valence electrons. The Morgan fingerprint density at radius 1 is 1.14 bits per heavy atom. The molecule has 21 heavy (non-hydrogen) atoms. The molecule has 1 N–H and O–H groups in total. The lowest BCUT2D eigenvalue weighted by molar-refractivity contribution is -0.131. The van der Waals surface area contributed by atoms with E-state index in [-0.39, 0.29) is 24.8 Å². The SMILES string of the molecule is CCCN(CCC)CCCC(=O)N(C)C1CCNC1.Cl.Cl. The van der Waals surface area contributed by atoms with Crippen LogP contribution in [0.15, 0.2) is 0 Å². The van der Waals surface area contributed by atoms with Gasteiger partial charge in [-0.15, -0.1) is 24.8 Å². The third kappa shape index (κ3) is 8.87. The fraction of sp³-hybridized carbons (Fsp3) is 0.933. The Bertz CT molecular complexity index is 255. The van der Waals surface area contributed by atoms with Gasteiger partial charge in [-0.25, -0.2) is 0 Å². The third-order valence-corrected chi connectivity index (χ3v) is 3.92. The lowest BCUT2D eigenvalue weighted by Gasteiger charge is -2.25. The van der Waals surface area contributed by atoms with E-state index in [1.165, 1.54) is 12.8 Å². The van der Waals surface area contributed by atoms with E-state index in [1.54, 1.807) is 0 Å². The third-order valence-electron chi connectivity index (χ3n) is 3.92. The van der Waals surface area contributed by atoms with Crippen molar-refractivity contribution < 1.29 is 4.79 Å². The Morgan fingerprint density at radius 3 is 2.24 bits per heavy atom. The summed E-state index contributed by atoms with van der Waals surface area (Å²) in [5.74, 6) is 0.307. The summed E-state index contributed by atoms with van der Waals surface area (Å²) in [6, 6.07) is 0.412. The van der Waals surface area contributed by atoms with Crippen LogP contribution < -0.4 is 5.32 Å². The van der Waals surface area contributed by atoms with E-state index < -0.39 is 0 Å². The highest BCUT2D eigenvalue weighted by molar-refractivity contribution is 5.85. The first-order valence-electron chi connectivity index (χ1n) is 7.87. The number of likely N-dealkylation sites (N-methyl/N-ethyl adjacent to an activating group) is 1. The Kier molecular flexibility index (Phi) is 15.1. The number of rotatable bonds is 9. The first-order valence-corrected chi connectivity index (χ1v) is 7.87. The number of hydrogen-bond acceptors (Lipinski definition) is 3. The molecule has 0 saturated carbocycles. The average molecular weight is 342 g/mol. The summed E-state index contributed by atoms with van der Waals surface area (Å²) in [6.07, 6.45) is 5.17. The fourth-order valence-corrected chi connectivity index (χ4v) is 2.77. The van der Waals surface area contributed by atoms with E-state index in [0.717, 1.165) is 45.6 Å². The lowest BCUT2D eigenvalue weighted by atomic mass is 10.2. The van der Waals surface area contributed by atoms with Crippen LogP contribution in [-0.4, -0.2) is 61.5 Å². The Hall–Kier alpha value is -0.0300. The number of carbonyl (C=O) groups is 1. The maximum atomic E-state index is 12.1. The van der Waals surface area contributed by atoms with Crippen LogP contribution in [0.4, 0.5) is 0 Å². The molecule has 1 amide bonds. The molecule has 0 aliphatic carbocycles. The molecule has 6 heteroatoms. The standard InChI is InChI=1S/C15H31N3O.2ClH/c1-4-10-18(11-5-2)12-6-7-15(19)17(3)14-8-9-16-13-14;;/h14,16H,4-13H2,1-3H3;2*1H. The maximum absolute atomic E-state index is 12.1. The van der Waals surface area contributed by atoms with Gasteiger partial charge in [0.15, 0.2) is 0 Å². The molecule has 1 heterocycles. The topological polar surface area (TPSA) is 35.6 Å². The molecule has 1 unspecified atom stereocenters. The van der Waals surface area contributed by atoms with Crippen molar-refractivity contribution in [3.8, 4) is 0 Å². The number of carbonyl (C=O) groups excluding carboxylic acids is 1. The van der Waals surface area contributed by atoms with Crippen LogP contribution in [0.3, 0.4) is 0 Å². The van der Waals surface area contributed by atoms with E-state index in [4.69, 9.17) is 0 Å². The van der Waals surface area contributed by atoms with Gasteiger partial charge in [0.05, 0.1) is 0 Å². The molecule has 1 fully saturated rings. The lowest BCUT2D eigenvalue weighted by Crippen LogP contribution is -2.38. The summed E-state index contributed by atoms with van der Waals surface area (Å²) in [4.78, 5) is 16.5. The largest absolute Gasteiger partial charge is 0.341 e. The van der Waals surface area contributed by atoms with Crippen LogP contribution in [0.5, 0.6) is 0 Å². The second-order valence-electron chi connectivity index (χ2n) is 5.60. The molecule has 0 radical (unpaired) electrons. The molecule has 0 spiro atoms. The summed E-state index contributed by atoms with van der Waals surface area (Å²) in [5.41, 5.74) is 0. The Labute approximate surface area is 142 Å². The molecule has 1 atom stereocenters. The first kappa shape index (κ1) is 23.2. The van der Waals surface area contributed by atoms with Crippen LogP contribution in [0.25, 0.3) is 0 Å². The number of nitrogens with zero attached hydrogens (tertiary/aromatic N) is 2. The van der Waals surface area contributed by atoms with E-state index >= 15 is 0 Å². The molecule has 0 aromatic rings. The summed E-state index contributed by atoms with van der Waals surface area (Å²) in [6.45, 7) is 9.81. The smallest absolute Gasteiger partial charge is 0.222 e. The molecule has 4 nitrogen and oxygen atoms in total. The zero-order valence-corrected chi connectivity index (χ0v) is 15.4. The second kappa shape index (κ2) is 13.6. The van der Waals surface area contributed by atoms with Crippen LogP contribution >= 0.6 is 24.8 Å². The molecule has 1 rings (SSSR count). The highest BCUT2D eigenvalue weighted by atomic mass is 35.5. The quantitative estimate of drug-likeness (QED) is 0.700. The van der Waals surface area contributed by atoms with Gasteiger partial charge in [-0.3, -0.25) is 4.79 Å². The molecule has 1 aliphatic heterocycles. The minimum absolute atomic E-state index is 0. The van der Waals surface area contributed by atoms with Crippen LogP contribution in [0, 0.1) is 0 Å². The zero-order chi connectivity index (χ0) is 14.1. The number of hydrogen-bond donors (Lipinski definition) is 1. The Morgan fingerprint density at radius 2 is 1.76 bits per heavy atom. The van der Waals surface area contributed by atoms with Crippen LogP contribution in [-0.2, 0) is 4.79 Å². The van der Waals surface area contributed by atoms with Crippen molar-refractivity contribution >= 4 is 30.7 Å². The van der Waals surface area contributed by atoms with Crippen LogP contribution in [0.2, 0.25) is 0 Å². The van der Waals surface area contributed by atoms with E-state index in [1.807, 2.05) is 11.9 Å². The molecular weight excluding hydrogens is 309 g/mol. The fourth-order valence-electron chi connectivity index (χ4n) is 2.77. The van der Waals surface area contributed by atoms with Gasteiger partial charge in [0.25, 0.3) is 0 Å². The monoisotopic (exact) mass is 341 g/mol. The van der Waals surface area contributed by atoms with Gasteiger partial charge >= 0.3 is 0 Å². The molecule has 0 bridgehead atoms. The zero-order valence-electron chi connectivity index (χ0n) is 13.8. The van der Waals surface area contributed by atoms with Crippen molar-refractivity contribution in [1.82, 2.24) is 15.1 Å². The van der Waals surface area contributed by atoms with Gasteiger partial charge in [0, 0.05) is 26.1 Å². The van der Waals surface area contributed by atoms with Gasteiger partial charge in [-0.2, -0.15) is 0 Å².